The lowest BCUT2D eigenvalue weighted by Gasteiger charge is -2.24. The predicted octanol–water partition coefficient (Wildman–Crippen LogP) is 5.58. The van der Waals surface area contributed by atoms with E-state index in [4.69, 9.17) is 15.9 Å². The summed E-state index contributed by atoms with van der Waals surface area (Å²) in [4.78, 5) is 0. The predicted molar refractivity (Wildman–Crippen MR) is 126 cm³/mol. The SMILES string of the molecule is CCCCC.Cc1ccccc1.Cc1ccccc1CCCCC(N)(CO)CO. The van der Waals surface area contributed by atoms with Gasteiger partial charge in [-0.25, -0.2) is 0 Å². The average Bonchev–Trinajstić information content (AvgIpc) is 2.74. The third kappa shape index (κ3) is 14.0. The van der Waals surface area contributed by atoms with Gasteiger partial charge in [0.05, 0.1) is 18.8 Å². The summed E-state index contributed by atoms with van der Waals surface area (Å²) in [5.41, 5.74) is 8.99. The Morgan fingerprint density at radius 3 is 1.72 bits per heavy atom. The molecule has 0 saturated carbocycles. The summed E-state index contributed by atoms with van der Waals surface area (Å²) < 4.78 is 0. The second-order valence-corrected chi connectivity index (χ2v) is 7.82. The van der Waals surface area contributed by atoms with E-state index in [-0.39, 0.29) is 13.2 Å². The average molecular weight is 402 g/mol. The molecular weight excluding hydrogens is 358 g/mol. The molecular formula is C26H43NO2. The van der Waals surface area contributed by atoms with Gasteiger partial charge in [0, 0.05) is 0 Å². The van der Waals surface area contributed by atoms with Gasteiger partial charge in [-0.05, 0) is 44.2 Å². The van der Waals surface area contributed by atoms with Gasteiger partial charge in [-0.1, -0.05) is 99.7 Å². The maximum Gasteiger partial charge on any atom is 0.0633 e. The number of aliphatic hydroxyl groups excluding tert-OH is 2. The highest BCUT2D eigenvalue weighted by Gasteiger charge is 2.21. The number of benzene rings is 2. The van der Waals surface area contributed by atoms with Crippen molar-refractivity contribution in [1.29, 1.82) is 0 Å². The molecule has 0 aromatic heterocycles. The molecule has 2 rings (SSSR count). The van der Waals surface area contributed by atoms with Gasteiger partial charge in [0.1, 0.15) is 0 Å². The van der Waals surface area contributed by atoms with Crippen LogP contribution in [0.2, 0.25) is 0 Å². The van der Waals surface area contributed by atoms with Crippen LogP contribution in [0.25, 0.3) is 0 Å². The molecule has 0 spiro atoms. The highest BCUT2D eigenvalue weighted by molar-refractivity contribution is 5.25. The Balaban J connectivity index is 0.000000532. The minimum Gasteiger partial charge on any atom is -0.394 e. The monoisotopic (exact) mass is 401 g/mol. The zero-order valence-corrected chi connectivity index (χ0v) is 19.0. The molecule has 0 fully saturated rings. The summed E-state index contributed by atoms with van der Waals surface area (Å²) in [6.07, 6.45) is 7.72. The van der Waals surface area contributed by atoms with Gasteiger partial charge in [-0.3, -0.25) is 0 Å². The molecule has 3 nitrogen and oxygen atoms in total. The minimum absolute atomic E-state index is 0.159. The molecule has 164 valence electrons. The van der Waals surface area contributed by atoms with Gasteiger partial charge in [0.15, 0.2) is 0 Å². The minimum atomic E-state index is -0.814. The molecule has 29 heavy (non-hydrogen) atoms. The van der Waals surface area contributed by atoms with Crippen LogP contribution in [0, 0.1) is 13.8 Å². The topological polar surface area (TPSA) is 66.5 Å². The Labute approximate surface area is 179 Å². The third-order valence-corrected chi connectivity index (χ3v) is 4.91. The number of nitrogens with two attached hydrogens (primary N) is 1. The maximum atomic E-state index is 9.06. The standard InChI is InChI=1S/C14H23NO2.C7H8.C5H12/c1-12-6-2-3-7-13(12)8-4-5-9-14(15,10-16)11-17;1-7-5-3-2-4-6-7;1-3-5-4-2/h2-3,6-7,16-17H,4-5,8-11,15H2,1H3;2-6H,1H3;3-5H2,1-2H3. The zero-order chi connectivity index (χ0) is 22.0. The number of aliphatic hydroxyl groups is 2. The molecule has 4 N–H and O–H groups in total. The van der Waals surface area contributed by atoms with Crippen LogP contribution in [0.1, 0.15) is 69.1 Å². The van der Waals surface area contributed by atoms with Crippen molar-refractivity contribution in [2.45, 2.75) is 78.2 Å². The van der Waals surface area contributed by atoms with E-state index >= 15 is 0 Å². The van der Waals surface area contributed by atoms with Crippen molar-refractivity contribution in [3.63, 3.8) is 0 Å². The molecule has 0 amide bonds. The fourth-order valence-corrected chi connectivity index (χ4v) is 2.78. The van der Waals surface area contributed by atoms with E-state index in [1.165, 1.54) is 36.0 Å². The van der Waals surface area contributed by atoms with E-state index in [1.54, 1.807) is 0 Å². The summed E-state index contributed by atoms with van der Waals surface area (Å²) in [7, 11) is 0. The molecule has 0 bridgehead atoms. The van der Waals surface area contributed by atoms with Crippen LogP contribution in [0.4, 0.5) is 0 Å². The van der Waals surface area contributed by atoms with Gasteiger partial charge in [0.25, 0.3) is 0 Å². The van der Waals surface area contributed by atoms with Gasteiger partial charge < -0.3 is 15.9 Å². The van der Waals surface area contributed by atoms with Gasteiger partial charge in [-0.15, -0.1) is 0 Å². The van der Waals surface area contributed by atoms with E-state index < -0.39 is 5.54 Å². The van der Waals surface area contributed by atoms with Gasteiger partial charge in [0.2, 0.25) is 0 Å². The molecule has 0 aliphatic rings. The van der Waals surface area contributed by atoms with Crippen molar-refractivity contribution >= 4 is 0 Å². The first-order valence-electron chi connectivity index (χ1n) is 11.0. The largest absolute Gasteiger partial charge is 0.394 e. The first-order chi connectivity index (χ1) is 13.9. The summed E-state index contributed by atoms with van der Waals surface area (Å²) >= 11 is 0. The molecule has 3 heteroatoms. The molecule has 2 aromatic carbocycles. The molecule has 0 aliphatic heterocycles. The Hall–Kier alpha value is -1.68. The Morgan fingerprint density at radius 2 is 1.31 bits per heavy atom. The van der Waals surface area contributed by atoms with Crippen molar-refractivity contribution in [3.8, 4) is 0 Å². The molecule has 0 saturated heterocycles. The van der Waals surface area contributed by atoms with Crippen LogP contribution in [-0.2, 0) is 6.42 Å². The summed E-state index contributed by atoms with van der Waals surface area (Å²) in [6, 6.07) is 18.6. The second-order valence-electron chi connectivity index (χ2n) is 7.82. The lowest BCUT2D eigenvalue weighted by atomic mass is 9.94. The normalized spacial score (nSPS) is 10.4. The molecule has 0 unspecified atom stereocenters. The molecule has 0 atom stereocenters. The Bertz CT molecular complexity index is 607. The maximum absolute atomic E-state index is 9.06. The van der Waals surface area contributed by atoms with Crippen molar-refractivity contribution < 1.29 is 10.2 Å². The number of hydrogen-bond donors (Lipinski definition) is 3. The van der Waals surface area contributed by atoms with Gasteiger partial charge >= 0.3 is 0 Å². The fraction of sp³-hybridized carbons (Fsp3) is 0.538. The van der Waals surface area contributed by atoms with E-state index in [0.29, 0.717) is 6.42 Å². The fourth-order valence-electron chi connectivity index (χ4n) is 2.78. The zero-order valence-electron chi connectivity index (χ0n) is 19.0. The van der Waals surface area contributed by atoms with Crippen LogP contribution in [0.3, 0.4) is 0 Å². The van der Waals surface area contributed by atoms with Crippen LogP contribution in [-0.4, -0.2) is 29.0 Å². The Morgan fingerprint density at radius 1 is 0.759 bits per heavy atom. The molecule has 0 heterocycles. The summed E-state index contributed by atoms with van der Waals surface area (Å²) in [5.74, 6) is 0. The first kappa shape index (κ1) is 27.3. The van der Waals surface area contributed by atoms with Crippen LogP contribution in [0.5, 0.6) is 0 Å². The highest BCUT2D eigenvalue weighted by Crippen LogP contribution is 2.15. The number of rotatable bonds is 9. The molecule has 2 aromatic rings. The summed E-state index contributed by atoms with van der Waals surface area (Å²) in [5, 5.41) is 18.1. The van der Waals surface area contributed by atoms with Crippen LogP contribution in [0.15, 0.2) is 54.6 Å². The van der Waals surface area contributed by atoms with Crippen molar-refractivity contribution in [3.05, 3.63) is 71.3 Å². The second kappa shape index (κ2) is 17.2. The summed E-state index contributed by atoms with van der Waals surface area (Å²) in [6.45, 7) is 8.30. The van der Waals surface area contributed by atoms with Crippen molar-refractivity contribution in [2.75, 3.05) is 13.2 Å². The van der Waals surface area contributed by atoms with E-state index in [9.17, 15) is 0 Å². The lowest BCUT2D eigenvalue weighted by Crippen LogP contribution is -2.47. The quantitative estimate of drug-likeness (QED) is 0.480. The third-order valence-electron chi connectivity index (χ3n) is 4.91. The molecule has 0 radical (unpaired) electrons. The molecule has 0 aliphatic carbocycles. The van der Waals surface area contributed by atoms with Crippen molar-refractivity contribution in [2.24, 2.45) is 5.73 Å². The van der Waals surface area contributed by atoms with E-state index in [2.05, 4.69) is 58.0 Å². The van der Waals surface area contributed by atoms with E-state index in [1.807, 2.05) is 24.3 Å². The van der Waals surface area contributed by atoms with E-state index in [0.717, 1.165) is 19.3 Å². The van der Waals surface area contributed by atoms with Crippen molar-refractivity contribution in [1.82, 2.24) is 0 Å². The Kier molecular flexibility index (Phi) is 16.2. The first-order valence-corrected chi connectivity index (χ1v) is 11.0. The van der Waals surface area contributed by atoms with Crippen LogP contribution >= 0.6 is 0 Å². The van der Waals surface area contributed by atoms with Crippen LogP contribution < -0.4 is 5.73 Å². The number of hydrogen-bond acceptors (Lipinski definition) is 3. The number of aryl methyl sites for hydroxylation is 3. The van der Waals surface area contributed by atoms with Gasteiger partial charge in [-0.2, -0.15) is 0 Å². The smallest absolute Gasteiger partial charge is 0.0633 e. The number of unbranched alkanes of at least 4 members (excludes halogenated alkanes) is 3. The highest BCUT2D eigenvalue weighted by atomic mass is 16.3. The lowest BCUT2D eigenvalue weighted by molar-refractivity contribution is 0.112.